The Balaban J connectivity index is 2.56. The maximum absolute atomic E-state index is 13.5. The molecule has 0 heterocycles. The van der Waals surface area contributed by atoms with Gasteiger partial charge in [0.2, 0.25) is 5.91 Å². The molecular weight excluding hydrogens is 235 g/mol. The first-order valence-corrected chi connectivity index (χ1v) is 5.82. The number of halogens is 1. The van der Waals surface area contributed by atoms with E-state index in [2.05, 4.69) is 5.32 Å². The normalized spacial score (nSPS) is 12.4. The molecule has 0 saturated carbocycles. The molecule has 1 aromatic carbocycles. The van der Waals surface area contributed by atoms with Crippen LogP contribution in [0.2, 0.25) is 0 Å². The van der Waals surface area contributed by atoms with Crippen molar-refractivity contribution in [2.24, 2.45) is 11.7 Å². The second-order valence-corrected chi connectivity index (χ2v) is 4.36. The van der Waals surface area contributed by atoms with Gasteiger partial charge in [0.05, 0.1) is 0 Å². The van der Waals surface area contributed by atoms with E-state index >= 15 is 0 Å². The van der Waals surface area contributed by atoms with Crippen molar-refractivity contribution in [1.82, 2.24) is 5.32 Å². The summed E-state index contributed by atoms with van der Waals surface area (Å²) in [7, 11) is 1.65. The van der Waals surface area contributed by atoms with Crippen LogP contribution in [0.5, 0.6) is 0 Å². The van der Waals surface area contributed by atoms with E-state index in [1.807, 2.05) is 6.92 Å². The molecule has 0 radical (unpaired) electrons. The predicted octanol–water partition coefficient (Wildman–Crippen LogP) is 1.30. The van der Waals surface area contributed by atoms with Gasteiger partial charge in [-0.05, 0) is 24.1 Å². The second-order valence-electron chi connectivity index (χ2n) is 4.36. The van der Waals surface area contributed by atoms with Crippen molar-refractivity contribution < 1.29 is 13.9 Å². The number of ether oxygens (including phenoxy) is 1. The number of hydrogen-bond acceptors (Lipinski definition) is 3. The van der Waals surface area contributed by atoms with E-state index in [0.717, 1.165) is 0 Å². The molecule has 0 fully saturated rings. The average molecular weight is 254 g/mol. The Morgan fingerprint density at radius 3 is 2.89 bits per heavy atom. The van der Waals surface area contributed by atoms with Crippen LogP contribution in [0.15, 0.2) is 18.2 Å². The van der Waals surface area contributed by atoms with Gasteiger partial charge in [-0.3, -0.25) is 4.79 Å². The van der Waals surface area contributed by atoms with Crippen LogP contribution in [0.4, 0.5) is 4.39 Å². The van der Waals surface area contributed by atoms with E-state index in [1.54, 1.807) is 7.11 Å². The van der Waals surface area contributed by atoms with Crippen LogP contribution in [0, 0.1) is 11.7 Å². The van der Waals surface area contributed by atoms with Gasteiger partial charge >= 0.3 is 0 Å². The van der Waals surface area contributed by atoms with Crippen molar-refractivity contribution in [3.05, 3.63) is 35.1 Å². The Kier molecular flexibility index (Phi) is 5.74. The Morgan fingerprint density at radius 2 is 2.28 bits per heavy atom. The summed E-state index contributed by atoms with van der Waals surface area (Å²) in [5, 5.41) is 3.12. The first kappa shape index (κ1) is 14.6. The molecule has 18 heavy (non-hydrogen) atoms. The van der Waals surface area contributed by atoms with Crippen LogP contribution in [-0.4, -0.2) is 26.2 Å². The van der Waals surface area contributed by atoms with E-state index in [-0.39, 0.29) is 5.82 Å². The summed E-state index contributed by atoms with van der Waals surface area (Å²) in [6.07, 6.45) is 0. The monoisotopic (exact) mass is 254 g/mol. The van der Waals surface area contributed by atoms with Crippen LogP contribution in [0.3, 0.4) is 0 Å². The van der Waals surface area contributed by atoms with Crippen molar-refractivity contribution in [3.8, 4) is 0 Å². The lowest BCUT2D eigenvalue weighted by Gasteiger charge is -2.12. The zero-order chi connectivity index (χ0) is 13.5. The Bertz CT molecular complexity index is 410. The maximum atomic E-state index is 13.5. The van der Waals surface area contributed by atoms with Gasteiger partial charge in [-0.25, -0.2) is 4.39 Å². The van der Waals surface area contributed by atoms with Crippen LogP contribution >= 0.6 is 0 Å². The highest BCUT2D eigenvalue weighted by atomic mass is 19.1. The molecular formula is C13H19FN2O2. The number of methoxy groups -OCH3 is 1. The second kappa shape index (κ2) is 7.08. The largest absolute Gasteiger partial charge is 0.384 e. The van der Waals surface area contributed by atoms with Crippen molar-refractivity contribution in [1.29, 1.82) is 0 Å². The lowest BCUT2D eigenvalue weighted by Crippen LogP contribution is -2.24. The molecule has 1 unspecified atom stereocenters. The number of carbonyl (C=O) groups excluding carboxylic acids is 1. The first-order chi connectivity index (χ1) is 8.54. The SMILES string of the molecule is COCC(C)CNCc1cc(C(N)=O)ccc1F. The predicted molar refractivity (Wildman–Crippen MR) is 67.7 cm³/mol. The number of primary amides is 1. The Morgan fingerprint density at radius 1 is 1.56 bits per heavy atom. The number of benzene rings is 1. The van der Waals surface area contributed by atoms with Crippen molar-refractivity contribution in [2.45, 2.75) is 13.5 Å². The molecule has 0 aliphatic carbocycles. The number of rotatable bonds is 7. The van der Waals surface area contributed by atoms with Gasteiger partial charge in [0.15, 0.2) is 0 Å². The molecule has 4 nitrogen and oxygen atoms in total. The quantitative estimate of drug-likeness (QED) is 0.770. The van der Waals surface area contributed by atoms with Gasteiger partial charge in [-0.2, -0.15) is 0 Å². The third-order valence-corrected chi connectivity index (χ3v) is 2.59. The summed E-state index contributed by atoms with van der Waals surface area (Å²) in [6, 6.07) is 4.12. The minimum Gasteiger partial charge on any atom is -0.384 e. The zero-order valence-corrected chi connectivity index (χ0v) is 10.7. The number of nitrogens with one attached hydrogen (secondary N) is 1. The Hall–Kier alpha value is -1.46. The number of amides is 1. The fourth-order valence-electron chi connectivity index (χ4n) is 1.66. The van der Waals surface area contributed by atoms with Gasteiger partial charge in [0.25, 0.3) is 0 Å². The average Bonchev–Trinajstić information content (AvgIpc) is 2.31. The summed E-state index contributed by atoms with van der Waals surface area (Å²) in [5.74, 6) is -0.548. The molecule has 1 amide bonds. The zero-order valence-electron chi connectivity index (χ0n) is 10.7. The van der Waals surface area contributed by atoms with Gasteiger partial charge in [0, 0.05) is 37.9 Å². The lowest BCUT2D eigenvalue weighted by molar-refractivity contribution is 0.1000. The van der Waals surface area contributed by atoms with Crippen LogP contribution < -0.4 is 11.1 Å². The van der Waals surface area contributed by atoms with Gasteiger partial charge < -0.3 is 15.8 Å². The van der Waals surface area contributed by atoms with E-state index in [0.29, 0.717) is 36.7 Å². The van der Waals surface area contributed by atoms with Gasteiger partial charge in [-0.15, -0.1) is 0 Å². The molecule has 0 saturated heterocycles. The van der Waals surface area contributed by atoms with E-state index < -0.39 is 5.91 Å². The highest BCUT2D eigenvalue weighted by molar-refractivity contribution is 5.92. The third-order valence-electron chi connectivity index (χ3n) is 2.59. The molecule has 1 atom stereocenters. The van der Waals surface area contributed by atoms with Crippen molar-refractivity contribution in [3.63, 3.8) is 0 Å². The van der Waals surface area contributed by atoms with Gasteiger partial charge in [-0.1, -0.05) is 6.92 Å². The Labute approximate surface area is 106 Å². The van der Waals surface area contributed by atoms with Crippen molar-refractivity contribution in [2.75, 3.05) is 20.3 Å². The van der Waals surface area contributed by atoms with Crippen LogP contribution in [0.25, 0.3) is 0 Å². The van der Waals surface area contributed by atoms with Crippen LogP contribution in [-0.2, 0) is 11.3 Å². The smallest absolute Gasteiger partial charge is 0.248 e. The topological polar surface area (TPSA) is 64.3 Å². The summed E-state index contributed by atoms with van der Waals surface area (Å²) < 4.78 is 18.5. The summed E-state index contributed by atoms with van der Waals surface area (Å²) >= 11 is 0. The minimum absolute atomic E-state index is 0.318. The van der Waals surface area contributed by atoms with Crippen molar-refractivity contribution >= 4 is 5.91 Å². The summed E-state index contributed by atoms with van der Waals surface area (Å²) in [6.45, 7) is 3.76. The molecule has 1 aromatic rings. The highest BCUT2D eigenvalue weighted by Gasteiger charge is 2.07. The molecule has 0 aliphatic rings. The first-order valence-electron chi connectivity index (χ1n) is 5.82. The minimum atomic E-state index is -0.552. The molecule has 100 valence electrons. The summed E-state index contributed by atoms with van der Waals surface area (Å²) in [5.41, 5.74) is 5.91. The van der Waals surface area contributed by atoms with Gasteiger partial charge in [0.1, 0.15) is 5.82 Å². The molecule has 0 spiro atoms. The van der Waals surface area contributed by atoms with E-state index in [4.69, 9.17) is 10.5 Å². The number of nitrogens with two attached hydrogens (primary N) is 1. The molecule has 1 rings (SSSR count). The molecule has 3 N–H and O–H groups in total. The molecule has 0 aliphatic heterocycles. The number of carbonyl (C=O) groups is 1. The van der Waals surface area contributed by atoms with E-state index in [9.17, 15) is 9.18 Å². The fourth-order valence-corrected chi connectivity index (χ4v) is 1.66. The standard InChI is InChI=1S/C13H19FN2O2/c1-9(8-18-2)6-16-7-11-5-10(13(15)17)3-4-12(11)14/h3-5,9,16H,6-8H2,1-2H3,(H2,15,17). The molecule has 5 heteroatoms. The number of hydrogen-bond donors (Lipinski definition) is 2. The third kappa shape index (κ3) is 4.43. The van der Waals surface area contributed by atoms with E-state index in [1.165, 1.54) is 18.2 Å². The molecule has 0 bridgehead atoms. The maximum Gasteiger partial charge on any atom is 0.248 e. The summed E-state index contributed by atoms with van der Waals surface area (Å²) in [4.78, 5) is 11.0. The fraction of sp³-hybridized carbons (Fsp3) is 0.462. The molecule has 0 aromatic heterocycles. The highest BCUT2D eigenvalue weighted by Crippen LogP contribution is 2.10. The van der Waals surface area contributed by atoms with Crippen LogP contribution in [0.1, 0.15) is 22.8 Å². The lowest BCUT2D eigenvalue weighted by atomic mass is 10.1.